The van der Waals surface area contributed by atoms with Gasteiger partial charge in [-0.3, -0.25) is 0 Å². The van der Waals surface area contributed by atoms with Gasteiger partial charge in [-0.1, -0.05) is 390 Å². The van der Waals surface area contributed by atoms with Crippen molar-refractivity contribution in [2.75, 3.05) is 0 Å². The molecule has 628 valence electrons. The second-order valence-corrected chi connectivity index (χ2v) is 85.4. The molecule has 4 fully saturated rings. The van der Waals surface area contributed by atoms with Crippen LogP contribution in [0.4, 0.5) is 0 Å². The van der Waals surface area contributed by atoms with Crippen LogP contribution in [0.1, 0.15) is 284 Å². The molecule has 12 unspecified atom stereocenters. The fraction of sp³-hybridized carbons (Fsp3) is 0.577. The molecule has 8 aliphatic rings. The Balaban J connectivity index is 0.000000369. The van der Waals surface area contributed by atoms with E-state index >= 15 is 0 Å². The van der Waals surface area contributed by atoms with Gasteiger partial charge in [0.15, 0.2) is 0 Å². The van der Waals surface area contributed by atoms with Gasteiger partial charge in [0.25, 0.3) is 0 Å². The van der Waals surface area contributed by atoms with Crippen molar-refractivity contribution in [2.45, 2.75) is 335 Å². The Bertz CT molecular complexity index is 3540. The Morgan fingerprint density at radius 3 is 0.491 bits per heavy atom. The zero-order valence-electron chi connectivity index (χ0n) is 79.0. The standard InChI is InChI=1S/2C50H74Si2.4CH3.4ClH.2Zr/c2*1-47(2,3)35-27-33(28-36(31-35)48(4,5)6)39-19-17-21-43-41(39)23-25-45(43)51(13,14)52(15,16)46-26-24-42-40(20-18-22-44(42)46)34-29-37(49(7,8)9)32-38(30-34)50(10,11)12;;;;;;;;;;/h2*17-22,27-32,41-46H,23-26H2,1-16H3;4*1H3;4*1H;;/q;;4*-1;;;;;2*+4/p-4. The predicted octanol–water partition coefficient (Wildman–Crippen LogP) is 34.1. The molecule has 12 rings (SSSR count). The Hall–Kier alpha value is -1.41. The van der Waals surface area contributed by atoms with E-state index < -0.39 is 72.1 Å². The van der Waals surface area contributed by atoms with Crippen molar-refractivity contribution in [1.29, 1.82) is 0 Å². The third-order valence-corrected chi connectivity index (χ3v) is 71.1. The Labute approximate surface area is 745 Å². The molecule has 0 saturated heterocycles. The van der Waals surface area contributed by atoms with Crippen LogP contribution in [0.15, 0.2) is 146 Å². The van der Waals surface area contributed by atoms with E-state index in [0.29, 0.717) is 47.3 Å². The normalized spacial score (nSPS) is 24.8. The van der Waals surface area contributed by atoms with Crippen LogP contribution in [0.25, 0.3) is 22.3 Å². The van der Waals surface area contributed by atoms with Crippen LogP contribution in [0.2, 0.25) is 74.5 Å². The minimum atomic E-state index is -1.62. The molecule has 4 aromatic carbocycles. The molecular weight excluding hydrogens is 1690 g/mol. The Morgan fingerprint density at radius 2 is 0.368 bits per heavy atom. The maximum atomic E-state index is 4.93. The fourth-order valence-electron chi connectivity index (χ4n) is 21.4. The molecule has 12 atom stereocenters. The van der Waals surface area contributed by atoms with Gasteiger partial charge in [0, 0.05) is 30.4 Å². The summed E-state index contributed by atoms with van der Waals surface area (Å²) in [6.45, 7) is 79.9. The minimum absolute atomic E-state index is 0. The van der Waals surface area contributed by atoms with Gasteiger partial charge in [-0.25, -0.2) is 0 Å². The molecule has 0 aliphatic heterocycles. The molecular formula is C104H160Cl4Si4Zr2. The summed E-state index contributed by atoms with van der Waals surface area (Å²) in [5, 5.41) is 0. The van der Waals surface area contributed by atoms with Gasteiger partial charge < -0.3 is 29.7 Å². The summed E-state index contributed by atoms with van der Waals surface area (Å²) in [6, 6.07) is 30.3. The van der Waals surface area contributed by atoms with Crippen molar-refractivity contribution in [3.63, 3.8) is 0 Å². The quantitative estimate of drug-likeness (QED) is 0.110. The molecule has 0 aromatic heterocycles. The first-order chi connectivity index (χ1) is 50.5. The summed E-state index contributed by atoms with van der Waals surface area (Å²) in [4.78, 5) is 0. The molecule has 0 N–H and O–H groups in total. The first kappa shape index (κ1) is 103. The molecule has 0 nitrogen and oxygen atoms in total. The van der Waals surface area contributed by atoms with Crippen molar-refractivity contribution in [1.82, 2.24) is 0 Å². The van der Waals surface area contributed by atoms with E-state index in [4.69, 9.17) is 34.1 Å². The third-order valence-electron chi connectivity index (χ3n) is 29.9. The average Bonchev–Trinajstić information content (AvgIpc) is 1.57. The van der Waals surface area contributed by atoms with Crippen molar-refractivity contribution in [2.24, 2.45) is 47.3 Å². The van der Waals surface area contributed by atoms with Gasteiger partial charge in [-0.2, -0.15) is 0 Å². The number of allylic oxidation sites excluding steroid dienone is 16. The number of hydrogen-bond donors (Lipinski definition) is 0. The Kier molecular flexibility index (Phi) is 34.7. The van der Waals surface area contributed by atoms with Gasteiger partial charge in [-0.15, -0.1) is 0 Å². The van der Waals surface area contributed by atoms with E-state index in [1.165, 1.54) is 118 Å². The Morgan fingerprint density at radius 1 is 0.237 bits per heavy atom. The number of halogens is 4. The molecule has 0 heterocycles. The molecule has 10 heteroatoms. The summed E-state index contributed by atoms with van der Waals surface area (Å²) < 4.78 is 0. The maximum absolute atomic E-state index is 4.93. The zero-order chi connectivity index (χ0) is 82.2. The summed E-state index contributed by atoms with van der Waals surface area (Å²) in [5.41, 5.74) is 28.8. The number of hydrogen-bond acceptors (Lipinski definition) is 0. The molecule has 0 spiro atoms. The monoisotopic (exact) mass is 1840 g/mol. The second-order valence-electron chi connectivity index (χ2n) is 45.7. The van der Waals surface area contributed by atoms with E-state index in [1.54, 1.807) is 22.3 Å². The van der Waals surface area contributed by atoms with Crippen molar-refractivity contribution >= 4 is 86.7 Å². The molecule has 114 heavy (non-hydrogen) atoms. The van der Waals surface area contributed by atoms with E-state index in [1.807, 2.05) is 0 Å². The zero-order valence-corrected chi connectivity index (χ0v) is 90.9. The van der Waals surface area contributed by atoms with Crippen LogP contribution >= 0.6 is 34.1 Å². The fourth-order valence-corrected chi connectivity index (χ4v) is 49.5. The molecule has 0 radical (unpaired) electrons. The molecule has 0 amide bonds. The van der Waals surface area contributed by atoms with Crippen LogP contribution in [0.3, 0.4) is 0 Å². The van der Waals surface area contributed by atoms with E-state index in [9.17, 15) is 0 Å². The van der Waals surface area contributed by atoms with Crippen LogP contribution in [0.5, 0.6) is 0 Å². The van der Waals surface area contributed by atoms with E-state index in [0.717, 1.165) is 22.2 Å². The van der Waals surface area contributed by atoms with Crippen molar-refractivity contribution < 1.29 is 41.7 Å². The van der Waals surface area contributed by atoms with Gasteiger partial charge in [-0.05, 0) is 228 Å². The molecule has 4 saturated carbocycles. The molecule has 4 aromatic rings. The van der Waals surface area contributed by atoms with Gasteiger partial charge >= 0.3 is 75.7 Å². The summed E-state index contributed by atoms with van der Waals surface area (Å²) in [6.07, 6.45) is 41.5. The van der Waals surface area contributed by atoms with Crippen LogP contribution in [-0.2, 0) is 85.0 Å². The van der Waals surface area contributed by atoms with Crippen molar-refractivity contribution in [3.8, 4) is 0 Å². The summed E-state index contributed by atoms with van der Waals surface area (Å²) >= 11 is -1.65. The van der Waals surface area contributed by atoms with Crippen LogP contribution in [-0.4, -0.2) is 30.4 Å². The summed E-state index contributed by atoms with van der Waals surface area (Å²) in [7, 11) is 13.2. The van der Waals surface area contributed by atoms with Crippen molar-refractivity contribution in [3.05, 3.63) is 242 Å². The SMILES string of the molecule is CC(C)(C)c1cc(C2=CC=CC3C2CCC3[Si](C)(C)[Si](C)(C)C2CCC3C(c4cc(C(C)(C)C)cc(C(C)(C)C)c4)=CC=CC32)cc(C(C)(C)C)c1.CC(C)(C)c1cc(C2=CC=CC3C2CCC3[Si](C)(C)[Si](C)(C)C2CCC3C(c4cc(C(C)(C)C)cc(C(C)(C)C)c4)=CC=CC32)cc(C(C)(C)C)c1.[CH3-].[CH3-].[CH3-].[CH3-].[Cl][Zr+2][Cl].[Cl][Zr+2][Cl]. The van der Waals surface area contributed by atoms with E-state index in [-0.39, 0.29) is 73.0 Å². The topological polar surface area (TPSA) is 0 Å². The third kappa shape index (κ3) is 22.2. The number of rotatable bonds is 10. The van der Waals surface area contributed by atoms with E-state index in [2.05, 4.69) is 364 Å². The first-order valence-corrected chi connectivity index (χ1v) is 69.6. The van der Waals surface area contributed by atoms with Crippen LogP contribution < -0.4 is 0 Å². The molecule has 0 bridgehead atoms. The number of benzene rings is 4. The van der Waals surface area contributed by atoms with Gasteiger partial charge in [0.2, 0.25) is 0 Å². The average molecular weight is 1850 g/mol. The second kappa shape index (κ2) is 38.4. The van der Waals surface area contributed by atoms with Gasteiger partial charge in [0.05, 0.1) is 0 Å². The first-order valence-electron chi connectivity index (χ1n) is 42.6. The van der Waals surface area contributed by atoms with Crippen LogP contribution in [0, 0.1) is 77.0 Å². The molecule has 8 aliphatic carbocycles. The summed E-state index contributed by atoms with van der Waals surface area (Å²) in [5.74, 6) is 5.38. The number of fused-ring (bicyclic) bond motifs is 4. The van der Waals surface area contributed by atoms with Gasteiger partial charge in [0.1, 0.15) is 0 Å². The predicted molar refractivity (Wildman–Crippen MR) is 523 cm³/mol.